The van der Waals surface area contributed by atoms with Crippen LogP contribution in [0.2, 0.25) is 10.0 Å². The molecule has 0 saturated heterocycles. The van der Waals surface area contributed by atoms with E-state index in [-0.39, 0.29) is 11.2 Å². The van der Waals surface area contributed by atoms with Crippen LogP contribution in [-0.4, -0.2) is 9.36 Å². The van der Waals surface area contributed by atoms with E-state index in [2.05, 4.69) is 13.8 Å². The van der Waals surface area contributed by atoms with Crippen molar-refractivity contribution in [2.24, 2.45) is 5.92 Å². The summed E-state index contributed by atoms with van der Waals surface area (Å²) in [6.45, 7) is 6.80. The molecule has 21 heavy (non-hydrogen) atoms. The van der Waals surface area contributed by atoms with Crippen LogP contribution in [0.25, 0.3) is 5.69 Å². The van der Waals surface area contributed by atoms with Crippen molar-refractivity contribution in [3.63, 3.8) is 0 Å². The summed E-state index contributed by atoms with van der Waals surface area (Å²) < 4.78 is 3.42. The van der Waals surface area contributed by atoms with Crippen LogP contribution in [0.4, 0.5) is 5.69 Å². The average Bonchev–Trinajstić information content (AvgIpc) is 2.63. The Balaban J connectivity index is 2.71. The number of nitrogen functional groups attached to an aromatic ring is 1. The minimum absolute atomic E-state index is 0.239. The fraction of sp³-hybridized carbons (Fsp3) is 0.400. The number of rotatable bonds is 4. The summed E-state index contributed by atoms with van der Waals surface area (Å²) in [5.74, 6) is 0.404. The van der Waals surface area contributed by atoms with Crippen molar-refractivity contribution in [1.29, 1.82) is 0 Å². The zero-order valence-corrected chi connectivity index (χ0v) is 13.9. The van der Waals surface area contributed by atoms with Gasteiger partial charge in [0.15, 0.2) is 0 Å². The van der Waals surface area contributed by atoms with Crippen LogP contribution in [0.3, 0.4) is 0 Å². The van der Waals surface area contributed by atoms with Gasteiger partial charge in [0.25, 0.3) is 5.56 Å². The molecule has 0 atom stereocenters. The Kier molecular flexibility index (Phi) is 4.69. The average molecular weight is 328 g/mol. The summed E-state index contributed by atoms with van der Waals surface area (Å²) in [7, 11) is 0. The van der Waals surface area contributed by atoms with Crippen LogP contribution >= 0.6 is 23.2 Å². The molecule has 1 heterocycles. The molecule has 0 aliphatic rings. The Hall–Kier alpha value is -1.39. The first-order chi connectivity index (χ1) is 9.86. The molecule has 0 fully saturated rings. The minimum Gasteiger partial charge on any atom is -0.393 e. The van der Waals surface area contributed by atoms with Gasteiger partial charge in [0, 0.05) is 11.6 Å². The molecule has 0 amide bonds. The van der Waals surface area contributed by atoms with E-state index in [1.807, 2.05) is 11.6 Å². The van der Waals surface area contributed by atoms with E-state index >= 15 is 0 Å². The predicted molar refractivity (Wildman–Crippen MR) is 88.7 cm³/mol. The first kappa shape index (κ1) is 16.0. The van der Waals surface area contributed by atoms with Gasteiger partial charge in [-0.25, -0.2) is 4.68 Å². The fourth-order valence-corrected chi connectivity index (χ4v) is 2.92. The monoisotopic (exact) mass is 327 g/mol. The fourth-order valence-electron chi connectivity index (χ4n) is 2.43. The van der Waals surface area contributed by atoms with E-state index in [4.69, 9.17) is 28.9 Å². The van der Waals surface area contributed by atoms with Gasteiger partial charge in [0.1, 0.15) is 5.69 Å². The predicted octanol–water partition coefficient (Wildman–Crippen LogP) is 3.75. The van der Waals surface area contributed by atoms with Crippen LogP contribution in [0, 0.1) is 5.92 Å². The molecule has 0 spiro atoms. The van der Waals surface area contributed by atoms with E-state index in [0.29, 0.717) is 28.2 Å². The maximum Gasteiger partial charge on any atom is 0.294 e. The molecule has 114 valence electrons. The Morgan fingerprint density at radius 1 is 1.29 bits per heavy atom. The molecule has 0 radical (unpaired) electrons. The first-order valence-corrected chi connectivity index (χ1v) is 7.68. The number of benzene rings is 1. The van der Waals surface area contributed by atoms with Gasteiger partial charge in [-0.3, -0.25) is 9.48 Å². The quantitative estimate of drug-likeness (QED) is 0.929. The summed E-state index contributed by atoms with van der Waals surface area (Å²) in [5.41, 5.74) is 7.51. The second kappa shape index (κ2) is 6.16. The summed E-state index contributed by atoms with van der Waals surface area (Å²) in [5, 5.41) is 0.953. The van der Waals surface area contributed by atoms with Crippen molar-refractivity contribution in [2.45, 2.75) is 33.7 Å². The van der Waals surface area contributed by atoms with Crippen LogP contribution in [-0.2, 0) is 13.0 Å². The van der Waals surface area contributed by atoms with Crippen LogP contribution in [0.15, 0.2) is 23.0 Å². The van der Waals surface area contributed by atoms with Crippen molar-refractivity contribution in [3.05, 3.63) is 44.3 Å². The lowest BCUT2D eigenvalue weighted by molar-refractivity contribution is 0.520. The van der Waals surface area contributed by atoms with Gasteiger partial charge in [0.05, 0.1) is 16.4 Å². The van der Waals surface area contributed by atoms with Crippen molar-refractivity contribution in [2.75, 3.05) is 5.73 Å². The van der Waals surface area contributed by atoms with Gasteiger partial charge in [0.2, 0.25) is 0 Å². The molecular weight excluding hydrogens is 309 g/mol. The Morgan fingerprint density at radius 3 is 2.48 bits per heavy atom. The van der Waals surface area contributed by atoms with E-state index in [9.17, 15) is 4.79 Å². The van der Waals surface area contributed by atoms with Crippen LogP contribution < -0.4 is 11.3 Å². The van der Waals surface area contributed by atoms with E-state index < -0.39 is 0 Å². The molecule has 2 rings (SSSR count). The lowest BCUT2D eigenvalue weighted by Gasteiger charge is -2.15. The Bertz CT molecular complexity index is 716. The SMILES string of the molecule is CCn1c(CC(C)C)c(N)c(=O)n1-c1ccc(Cl)cc1Cl. The highest BCUT2D eigenvalue weighted by molar-refractivity contribution is 6.35. The second-order valence-electron chi connectivity index (χ2n) is 5.39. The topological polar surface area (TPSA) is 52.9 Å². The smallest absolute Gasteiger partial charge is 0.294 e. The number of hydrogen-bond donors (Lipinski definition) is 1. The van der Waals surface area contributed by atoms with E-state index in [0.717, 1.165) is 12.1 Å². The molecule has 6 heteroatoms. The molecule has 2 aromatic rings. The maximum atomic E-state index is 12.5. The summed E-state index contributed by atoms with van der Waals surface area (Å²) in [4.78, 5) is 12.5. The molecule has 0 bridgehead atoms. The number of halogens is 2. The standard InChI is InChI=1S/C15H19Cl2N3O/c1-4-19-13(7-9(2)3)14(18)15(21)20(19)12-6-5-10(16)8-11(12)17/h5-6,8-9H,4,7,18H2,1-3H3. The molecule has 2 N–H and O–H groups in total. The van der Waals surface area contributed by atoms with Crippen LogP contribution in [0.5, 0.6) is 0 Å². The van der Waals surface area contributed by atoms with E-state index in [1.54, 1.807) is 18.2 Å². The van der Waals surface area contributed by atoms with Crippen molar-refractivity contribution >= 4 is 28.9 Å². The van der Waals surface area contributed by atoms with Crippen molar-refractivity contribution in [3.8, 4) is 5.69 Å². The zero-order chi connectivity index (χ0) is 15.7. The van der Waals surface area contributed by atoms with Gasteiger partial charge in [-0.2, -0.15) is 0 Å². The molecule has 0 unspecified atom stereocenters. The molecule has 4 nitrogen and oxygen atoms in total. The molecule has 1 aromatic heterocycles. The lowest BCUT2D eigenvalue weighted by atomic mass is 10.1. The maximum absolute atomic E-state index is 12.5. The largest absolute Gasteiger partial charge is 0.393 e. The number of anilines is 1. The number of hydrogen-bond acceptors (Lipinski definition) is 2. The highest BCUT2D eigenvalue weighted by Gasteiger charge is 2.20. The molecular formula is C15H19Cl2N3O. The van der Waals surface area contributed by atoms with E-state index in [1.165, 1.54) is 4.68 Å². The molecule has 0 aliphatic carbocycles. The Morgan fingerprint density at radius 2 is 1.95 bits per heavy atom. The highest BCUT2D eigenvalue weighted by Crippen LogP contribution is 2.25. The zero-order valence-electron chi connectivity index (χ0n) is 12.4. The minimum atomic E-state index is -0.239. The normalized spacial score (nSPS) is 11.3. The van der Waals surface area contributed by atoms with Gasteiger partial charge in [-0.15, -0.1) is 0 Å². The van der Waals surface area contributed by atoms with Gasteiger partial charge < -0.3 is 5.73 Å². The summed E-state index contributed by atoms with van der Waals surface area (Å²) in [6.07, 6.45) is 0.743. The van der Waals surface area contributed by atoms with Gasteiger partial charge >= 0.3 is 0 Å². The van der Waals surface area contributed by atoms with Gasteiger partial charge in [-0.05, 0) is 37.5 Å². The summed E-state index contributed by atoms with van der Waals surface area (Å²) in [6, 6.07) is 5.06. The van der Waals surface area contributed by atoms with Crippen LogP contribution in [0.1, 0.15) is 26.5 Å². The second-order valence-corrected chi connectivity index (χ2v) is 6.23. The lowest BCUT2D eigenvalue weighted by Crippen LogP contribution is -2.22. The Labute approximate surface area is 134 Å². The molecule has 0 saturated carbocycles. The first-order valence-electron chi connectivity index (χ1n) is 6.92. The molecule has 1 aromatic carbocycles. The van der Waals surface area contributed by atoms with Crippen molar-refractivity contribution < 1.29 is 0 Å². The van der Waals surface area contributed by atoms with Gasteiger partial charge in [-0.1, -0.05) is 37.0 Å². The number of nitrogens with zero attached hydrogens (tertiary/aromatic N) is 2. The van der Waals surface area contributed by atoms with Crippen molar-refractivity contribution in [1.82, 2.24) is 9.36 Å². The highest BCUT2D eigenvalue weighted by atomic mass is 35.5. The number of nitrogens with two attached hydrogens (primary N) is 1. The third kappa shape index (κ3) is 2.97. The third-order valence-corrected chi connectivity index (χ3v) is 3.86. The molecule has 0 aliphatic heterocycles. The number of aromatic nitrogens is 2. The third-order valence-electron chi connectivity index (χ3n) is 3.33. The summed E-state index contributed by atoms with van der Waals surface area (Å²) >= 11 is 12.2.